The van der Waals surface area contributed by atoms with Crippen LogP contribution in [0.15, 0.2) is 82.7 Å². The first-order valence-electron chi connectivity index (χ1n) is 25.3. The Morgan fingerprint density at radius 3 is 2.30 bits per heavy atom. The van der Waals surface area contributed by atoms with Gasteiger partial charge in [0, 0.05) is 61.3 Å². The molecule has 0 N–H and O–H groups in total. The summed E-state index contributed by atoms with van der Waals surface area (Å²) in [7, 11) is 0. The number of thioether (sulfide) groups is 1. The maximum absolute atomic E-state index is 15.1. The van der Waals surface area contributed by atoms with Crippen molar-refractivity contribution in [1.29, 1.82) is 0 Å². The lowest BCUT2D eigenvalue weighted by Gasteiger charge is -2.28. The van der Waals surface area contributed by atoms with Crippen LogP contribution < -0.4 is 5.56 Å². The van der Waals surface area contributed by atoms with E-state index >= 15 is 4.79 Å². The molecule has 11 heteroatoms. The number of benzene rings is 3. The number of carbonyl (C=O) groups excluding carboxylic acids is 1. The van der Waals surface area contributed by atoms with Crippen LogP contribution in [0.5, 0.6) is 0 Å². The Morgan fingerprint density at radius 2 is 1.66 bits per heavy atom. The third-order valence-corrected chi connectivity index (χ3v) is 7.26. The summed E-state index contributed by atoms with van der Waals surface area (Å²) >= 11 is -0.511. The molecule has 1 amide bonds. The van der Waals surface area contributed by atoms with Crippen LogP contribution in [-0.4, -0.2) is 51.3 Å². The first kappa shape index (κ1) is 15.1. The molecule has 0 atom stereocenters. The highest BCUT2D eigenvalue weighted by Crippen LogP contribution is 2.31. The molecule has 0 bridgehead atoms. The Morgan fingerprint density at radius 1 is 1.00 bits per heavy atom. The number of carbonyl (C=O) groups is 1. The zero-order chi connectivity index (χ0) is 54.6. The van der Waals surface area contributed by atoms with Crippen molar-refractivity contribution in [2.45, 2.75) is 62.9 Å². The molecule has 0 radical (unpaired) electrons. The quantitative estimate of drug-likeness (QED) is 0.0843. The van der Waals surface area contributed by atoms with E-state index in [1.165, 1.54) is 24.3 Å². The van der Waals surface area contributed by atoms with Crippen molar-refractivity contribution in [2.24, 2.45) is 0 Å². The van der Waals surface area contributed by atoms with Crippen molar-refractivity contribution in [3.8, 4) is 11.1 Å². The molecule has 0 spiro atoms. The van der Waals surface area contributed by atoms with Crippen LogP contribution in [-0.2, 0) is 42.5 Å². The van der Waals surface area contributed by atoms with E-state index in [1.807, 2.05) is 0 Å². The lowest BCUT2D eigenvalue weighted by molar-refractivity contribution is -0.137. The van der Waals surface area contributed by atoms with Crippen molar-refractivity contribution in [1.82, 2.24) is 19.4 Å². The summed E-state index contributed by atoms with van der Waals surface area (Å²) in [5.41, 5.74) is -10.3. The Balaban J connectivity index is 1.77. The van der Waals surface area contributed by atoms with Gasteiger partial charge in [0.25, 0.3) is 5.56 Å². The molecule has 0 fully saturated rings. The van der Waals surface area contributed by atoms with Crippen LogP contribution in [0.25, 0.3) is 11.1 Å². The molecule has 1 aliphatic carbocycles. The number of fused-ring (bicyclic) bond motifs is 1. The van der Waals surface area contributed by atoms with Gasteiger partial charge in [-0.1, -0.05) is 73.9 Å². The van der Waals surface area contributed by atoms with Gasteiger partial charge in [0.2, 0.25) is 5.91 Å². The molecule has 6 nitrogen and oxygen atoms in total. The molecule has 4 aromatic rings. The molecule has 1 heterocycles. The standard InChI is InChI=1S/C36H38F4N4O2S/c1-3-42(4-2)20-21-43(22-25-8-12-27(13-9-25)28-14-16-29(17-15-28)36(38,39)40)33(45)23-44-32-7-5-6-31(32)34(46)41-35(44)47-24-26-10-18-30(37)19-11-26/h8-19H,3-7,20-24H2,1-2H3/i1D3,2D3,3D2,4D2,5D2,6D2,7D2,10D,11D,18D,19D,23D2,24D2. The highest BCUT2D eigenvalue weighted by atomic mass is 32.2. The van der Waals surface area contributed by atoms with Crippen LogP contribution in [0.1, 0.15) is 80.9 Å². The minimum atomic E-state index is -4.68. The monoisotopic (exact) mass is 690 g/mol. The maximum Gasteiger partial charge on any atom is 0.416 e. The fourth-order valence-corrected chi connectivity index (χ4v) is 4.81. The highest BCUT2D eigenvalue weighted by Gasteiger charge is 2.30. The summed E-state index contributed by atoms with van der Waals surface area (Å²) < 4.78 is 255. The molecule has 0 aliphatic heterocycles. The first-order valence-corrected chi connectivity index (χ1v) is 14.1. The Kier molecular flexibility index (Phi) is 4.91. The third kappa shape index (κ3) is 8.70. The number of aromatic nitrogens is 2. The average molecular weight is 691 g/mol. The fraction of sp³-hybridized carbons (Fsp3) is 0.361. The number of halogens is 4. The van der Waals surface area contributed by atoms with Crippen LogP contribution in [0.4, 0.5) is 17.6 Å². The lowest BCUT2D eigenvalue weighted by Crippen LogP contribution is -2.40. The van der Waals surface area contributed by atoms with Crippen LogP contribution >= 0.6 is 11.8 Å². The van der Waals surface area contributed by atoms with E-state index in [-0.39, 0.29) is 26.2 Å². The number of nitrogens with zero attached hydrogens (tertiary/aromatic N) is 4. The number of hydrogen-bond acceptors (Lipinski definition) is 5. The zero-order valence-electron chi connectivity index (χ0n) is 47.8. The van der Waals surface area contributed by atoms with Gasteiger partial charge in [0.1, 0.15) is 12.3 Å². The molecule has 0 saturated heterocycles. The zero-order valence-corrected chi connectivity index (χ0v) is 24.6. The summed E-state index contributed by atoms with van der Waals surface area (Å²) in [6, 6.07) is 3.34. The van der Waals surface area contributed by atoms with Crippen LogP contribution in [0.3, 0.4) is 0 Å². The van der Waals surface area contributed by atoms with Crippen molar-refractivity contribution < 1.29 is 55.3 Å². The normalized spacial score (nSPS) is 25.3. The molecule has 47 heavy (non-hydrogen) atoms. The van der Waals surface area contributed by atoms with Crippen molar-refractivity contribution in [3.63, 3.8) is 0 Å². The molecule has 1 aromatic heterocycles. The topological polar surface area (TPSA) is 58.4 Å². The Bertz CT molecular complexity index is 2730. The summed E-state index contributed by atoms with van der Waals surface area (Å²) in [6.07, 6.45) is -16.1. The van der Waals surface area contributed by atoms with Gasteiger partial charge in [-0.2, -0.15) is 18.2 Å². The second kappa shape index (κ2) is 15.3. The van der Waals surface area contributed by atoms with Gasteiger partial charge in [-0.3, -0.25) is 9.59 Å². The van der Waals surface area contributed by atoms with E-state index in [2.05, 4.69) is 4.98 Å². The smallest absolute Gasteiger partial charge is 0.336 e. The second-order valence-corrected chi connectivity index (χ2v) is 10.3. The van der Waals surface area contributed by atoms with Gasteiger partial charge in [-0.25, -0.2) is 4.39 Å². The molecule has 5 rings (SSSR count). The van der Waals surface area contributed by atoms with Crippen molar-refractivity contribution in [3.05, 3.63) is 117 Å². The number of amides is 1. The SMILES string of the molecule is [2H]c1c([2H])c(C([2H])([2H])Sc2nc(=O)c3c(n2C([2H])([2H])C(=O)N(CCN(C([2H])([2H])C([2H])([2H])[2H])C([2H])([2H])C([2H])([2H])[2H])Cc2ccc(-c4ccc(C(F)(F)F)cc4)cc2)C([2H])([2H])C([2H])([2H])C3([2H])[2H])c([2H])c([2H])c1F. The minimum Gasteiger partial charge on any atom is -0.336 e. The molecule has 0 saturated carbocycles. The molecule has 248 valence electrons. The van der Waals surface area contributed by atoms with Gasteiger partial charge in [-0.05, 0) is 78.6 Å². The van der Waals surface area contributed by atoms with Gasteiger partial charge < -0.3 is 14.4 Å². The second-order valence-electron chi connectivity index (χ2n) is 9.51. The third-order valence-electron chi connectivity index (χ3n) is 6.50. The Labute approximate surface area is 310 Å². The molecule has 1 aliphatic rings. The van der Waals surface area contributed by atoms with Crippen LogP contribution in [0.2, 0.25) is 0 Å². The van der Waals surface area contributed by atoms with E-state index in [4.69, 9.17) is 30.2 Å². The summed E-state index contributed by atoms with van der Waals surface area (Å²) in [5, 5.41) is -1.46. The highest BCUT2D eigenvalue weighted by molar-refractivity contribution is 7.98. The van der Waals surface area contributed by atoms with Gasteiger partial charge >= 0.3 is 6.18 Å². The summed E-state index contributed by atoms with van der Waals surface area (Å²) in [5.74, 6) is -3.75. The summed E-state index contributed by atoms with van der Waals surface area (Å²) in [4.78, 5) is 32.4. The average Bonchev–Trinajstić information content (AvgIpc) is 3.33. The Hall–Kier alpha value is -3.96. The number of rotatable bonds is 13. The molecule has 3 aromatic carbocycles. The van der Waals surface area contributed by atoms with Crippen LogP contribution in [0, 0.1) is 5.82 Å². The molecular formula is C36H38F4N4O2S. The van der Waals surface area contributed by atoms with E-state index in [9.17, 15) is 25.1 Å². The lowest BCUT2D eigenvalue weighted by atomic mass is 10.0. The molecular weight excluding hydrogens is 628 g/mol. The number of alkyl halides is 3. The van der Waals surface area contributed by atoms with E-state index in [0.717, 1.165) is 24.3 Å². The largest absolute Gasteiger partial charge is 0.416 e. The predicted molar refractivity (Wildman–Crippen MR) is 177 cm³/mol. The van der Waals surface area contributed by atoms with Gasteiger partial charge in [0.15, 0.2) is 5.16 Å². The predicted octanol–water partition coefficient (Wildman–Crippen LogP) is 7.22. The summed E-state index contributed by atoms with van der Waals surface area (Å²) in [6.45, 7) is -23.2. The first-order chi connectivity index (χ1) is 31.8. The van der Waals surface area contributed by atoms with Crippen molar-refractivity contribution in [2.75, 3.05) is 26.1 Å². The van der Waals surface area contributed by atoms with Gasteiger partial charge in [-0.15, -0.1) is 0 Å². The van der Waals surface area contributed by atoms with Crippen molar-refractivity contribution >= 4 is 17.7 Å². The number of hydrogen-bond donors (Lipinski definition) is 0. The van der Waals surface area contributed by atoms with Gasteiger partial charge in [0.05, 0.1) is 13.8 Å². The van der Waals surface area contributed by atoms with E-state index in [1.54, 1.807) is 0 Å². The minimum absolute atomic E-state index is 0.0501. The fourth-order valence-electron chi connectivity index (χ4n) is 4.16. The number of likely N-dealkylation sites (N-methyl/N-ethyl adjacent to an activating group) is 1. The van der Waals surface area contributed by atoms with E-state index in [0.29, 0.717) is 4.90 Å². The maximum atomic E-state index is 15.1. The molecule has 0 unspecified atom stereocenters. The van der Waals surface area contributed by atoms with E-state index < -0.39 is 165 Å².